The van der Waals surface area contributed by atoms with Gasteiger partial charge < -0.3 is 10.6 Å². The van der Waals surface area contributed by atoms with Crippen LogP contribution in [0.4, 0.5) is 5.69 Å². The van der Waals surface area contributed by atoms with Crippen LogP contribution in [0.25, 0.3) is 0 Å². The number of halogens is 1. The Kier molecular flexibility index (Phi) is 4.24. The van der Waals surface area contributed by atoms with Crippen LogP contribution in [-0.4, -0.2) is 19.6 Å². The summed E-state index contributed by atoms with van der Waals surface area (Å²) in [5, 5.41) is 0. The summed E-state index contributed by atoms with van der Waals surface area (Å²) < 4.78 is 1.23. The maximum atomic E-state index is 5.60. The molecule has 0 saturated carbocycles. The Labute approximate surface area is 106 Å². The molecular weight excluding hydrogens is 264 g/mol. The molecule has 1 aliphatic heterocycles. The lowest BCUT2D eigenvalue weighted by Gasteiger charge is -2.22. The zero-order valence-electron chi connectivity index (χ0n) is 9.58. The van der Waals surface area contributed by atoms with E-state index in [1.807, 2.05) is 0 Å². The van der Waals surface area contributed by atoms with Gasteiger partial charge in [0.15, 0.2) is 0 Å². The van der Waals surface area contributed by atoms with Gasteiger partial charge in [0.05, 0.1) is 0 Å². The highest BCUT2D eigenvalue weighted by atomic mass is 79.9. The van der Waals surface area contributed by atoms with Gasteiger partial charge in [0.2, 0.25) is 0 Å². The molecule has 0 atom stereocenters. The summed E-state index contributed by atoms with van der Waals surface area (Å²) in [7, 11) is 0. The molecule has 0 radical (unpaired) electrons. The van der Waals surface area contributed by atoms with E-state index < -0.39 is 0 Å². The van der Waals surface area contributed by atoms with Gasteiger partial charge in [-0.1, -0.05) is 22.0 Å². The first kappa shape index (κ1) is 11.9. The van der Waals surface area contributed by atoms with Gasteiger partial charge in [0, 0.05) is 23.2 Å². The predicted molar refractivity (Wildman–Crippen MR) is 73.0 cm³/mol. The molecule has 2 N–H and O–H groups in total. The Morgan fingerprint density at radius 1 is 1.25 bits per heavy atom. The van der Waals surface area contributed by atoms with Crippen molar-refractivity contribution in [2.45, 2.75) is 25.7 Å². The summed E-state index contributed by atoms with van der Waals surface area (Å²) in [6.07, 6.45) is 4.78. The molecule has 1 saturated heterocycles. The predicted octanol–water partition coefficient (Wildman–Crippen LogP) is 2.94. The molecule has 1 aromatic carbocycles. The van der Waals surface area contributed by atoms with Crippen LogP contribution in [0.5, 0.6) is 0 Å². The molecule has 0 unspecified atom stereocenters. The third-order valence-electron chi connectivity index (χ3n) is 3.17. The summed E-state index contributed by atoms with van der Waals surface area (Å²) in [6, 6.07) is 6.50. The molecule has 0 aromatic heterocycles. The van der Waals surface area contributed by atoms with E-state index in [2.05, 4.69) is 39.0 Å². The normalized spacial score (nSPS) is 15.8. The van der Waals surface area contributed by atoms with Crippen LogP contribution in [0.3, 0.4) is 0 Å². The average molecular weight is 283 g/mol. The maximum absolute atomic E-state index is 5.60. The second-order valence-corrected chi connectivity index (χ2v) is 5.18. The highest BCUT2D eigenvalue weighted by Gasteiger charge is 2.16. The minimum atomic E-state index is 0.765. The van der Waals surface area contributed by atoms with Gasteiger partial charge in [-0.2, -0.15) is 0 Å². The molecule has 1 aliphatic rings. The maximum Gasteiger partial charge on any atom is 0.0410 e. The molecule has 2 nitrogen and oxygen atoms in total. The van der Waals surface area contributed by atoms with Crippen LogP contribution in [0, 0.1) is 0 Å². The fraction of sp³-hybridized carbons (Fsp3) is 0.538. The van der Waals surface area contributed by atoms with E-state index in [0.717, 1.165) is 19.4 Å². The number of rotatable bonds is 4. The molecule has 3 heteroatoms. The van der Waals surface area contributed by atoms with Gasteiger partial charge >= 0.3 is 0 Å². The van der Waals surface area contributed by atoms with E-state index in [0.29, 0.717) is 0 Å². The first-order chi connectivity index (χ1) is 7.83. The fourth-order valence-corrected chi connectivity index (χ4v) is 2.88. The number of anilines is 1. The van der Waals surface area contributed by atoms with E-state index in [9.17, 15) is 0 Å². The van der Waals surface area contributed by atoms with Crippen LogP contribution >= 0.6 is 15.9 Å². The SMILES string of the molecule is NCCCc1c(Br)cccc1N1CCCC1. The standard InChI is InChI=1S/C13H19BrN2/c14-12-6-3-7-13(11(12)5-4-8-15)16-9-1-2-10-16/h3,6-7H,1-2,4-5,8-10,15H2. The van der Waals surface area contributed by atoms with Gasteiger partial charge in [-0.3, -0.25) is 0 Å². The van der Waals surface area contributed by atoms with E-state index in [1.165, 1.54) is 41.7 Å². The van der Waals surface area contributed by atoms with Crippen molar-refractivity contribution in [1.82, 2.24) is 0 Å². The molecule has 2 rings (SSSR count). The van der Waals surface area contributed by atoms with Crippen molar-refractivity contribution in [3.63, 3.8) is 0 Å². The number of hydrogen-bond acceptors (Lipinski definition) is 2. The van der Waals surface area contributed by atoms with Gasteiger partial charge in [0.1, 0.15) is 0 Å². The molecule has 0 bridgehead atoms. The van der Waals surface area contributed by atoms with E-state index in [-0.39, 0.29) is 0 Å². The van der Waals surface area contributed by atoms with Gasteiger partial charge in [0.25, 0.3) is 0 Å². The first-order valence-electron chi connectivity index (χ1n) is 6.05. The number of nitrogens with two attached hydrogens (primary N) is 1. The van der Waals surface area contributed by atoms with Gasteiger partial charge in [-0.05, 0) is 49.9 Å². The second-order valence-electron chi connectivity index (χ2n) is 4.32. The second kappa shape index (κ2) is 5.69. The number of hydrogen-bond donors (Lipinski definition) is 1. The van der Waals surface area contributed by atoms with Crippen LogP contribution < -0.4 is 10.6 Å². The smallest absolute Gasteiger partial charge is 0.0410 e. The molecule has 1 aromatic rings. The van der Waals surface area contributed by atoms with Crippen molar-refractivity contribution in [2.75, 3.05) is 24.5 Å². The van der Waals surface area contributed by atoms with Crippen LogP contribution in [-0.2, 0) is 6.42 Å². The molecule has 0 amide bonds. The summed E-state index contributed by atoms with van der Waals surface area (Å²) in [6.45, 7) is 3.17. The molecule has 0 spiro atoms. The monoisotopic (exact) mass is 282 g/mol. The minimum absolute atomic E-state index is 0.765. The lowest BCUT2D eigenvalue weighted by Crippen LogP contribution is -2.19. The number of benzene rings is 1. The minimum Gasteiger partial charge on any atom is -0.371 e. The van der Waals surface area contributed by atoms with Crippen LogP contribution in [0.15, 0.2) is 22.7 Å². The zero-order valence-corrected chi connectivity index (χ0v) is 11.2. The van der Waals surface area contributed by atoms with E-state index >= 15 is 0 Å². The van der Waals surface area contributed by atoms with Gasteiger partial charge in [-0.15, -0.1) is 0 Å². The summed E-state index contributed by atoms with van der Waals surface area (Å²) in [4.78, 5) is 2.50. The molecule has 0 aliphatic carbocycles. The topological polar surface area (TPSA) is 29.3 Å². The largest absolute Gasteiger partial charge is 0.371 e. The summed E-state index contributed by atoms with van der Waals surface area (Å²) in [5.41, 5.74) is 8.43. The summed E-state index contributed by atoms with van der Waals surface area (Å²) >= 11 is 3.66. The third kappa shape index (κ3) is 2.58. The van der Waals surface area contributed by atoms with E-state index in [1.54, 1.807) is 0 Å². The molecule has 16 heavy (non-hydrogen) atoms. The van der Waals surface area contributed by atoms with E-state index in [4.69, 9.17) is 5.73 Å². The van der Waals surface area contributed by atoms with Crippen molar-refractivity contribution in [1.29, 1.82) is 0 Å². The molecule has 1 heterocycles. The van der Waals surface area contributed by atoms with Crippen molar-refractivity contribution >= 4 is 21.6 Å². The molecule has 88 valence electrons. The number of nitrogens with zero attached hydrogens (tertiary/aromatic N) is 1. The first-order valence-corrected chi connectivity index (χ1v) is 6.84. The highest BCUT2D eigenvalue weighted by Crippen LogP contribution is 2.31. The fourth-order valence-electron chi connectivity index (χ4n) is 2.33. The Bertz CT molecular complexity index is 346. The Hall–Kier alpha value is -0.540. The lowest BCUT2D eigenvalue weighted by atomic mass is 10.1. The molecule has 1 fully saturated rings. The van der Waals surface area contributed by atoms with Gasteiger partial charge in [-0.25, -0.2) is 0 Å². The Balaban J connectivity index is 2.24. The van der Waals surface area contributed by atoms with Crippen molar-refractivity contribution < 1.29 is 0 Å². The van der Waals surface area contributed by atoms with Crippen LogP contribution in [0.2, 0.25) is 0 Å². The van der Waals surface area contributed by atoms with Crippen molar-refractivity contribution in [3.8, 4) is 0 Å². The average Bonchev–Trinajstić information content (AvgIpc) is 2.80. The quantitative estimate of drug-likeness (QED) is 0.920. The molecular formula is C13H19BrN2. The summed E-state index contributed by atoms with van der Waals surface area (Å²) in [5.74, 6) is 0. The zero-order chi connectivity index (χ0) is 11.4. The van der Waals surface area contributed by atoms with Crippen molar-refractivity contribution in [2.24, 2.45) is 5.73 Å². The highest BCUT2D eigenvalue weighted by molar-refractivity contribution is 9.10. The van der Waals surface area contributed by atoms with Crippen LogP contribution in [0.1, 0.15) is 24.8 Å². The Morgan fingerprint density at radius 2 is 2.00 bits per heavy atom. The Morgan fingerprint density at radius 3 is 2.69 bits per heavy atom. The lowest BCUT2D eigenvalue weighted by molar-refractivity contribution is 0.821. The third-order valence-corrected chi connectivity index (χ3v) is 3.91. The van der Waals surface area contributed by atoms with Crippen molar-refractivity contribution in [3.05, 3.63) is 28.2 Å².